The first-order valence-corrected chi connectivity index (χ1v) is 9.66. The van der Waals surface area contributed by atoms with Crippen molar-refractivity contribution in [2.24, 2.45) is 0 Å². The lowest BCUT2D eigenvalue weighted by atomic mass is 9.96. The fourth-order valence-electron chi connectivity index (χ4n) is 3.61. The van der Waals surface area contributed by atoms with Gasteiger partial charge < -0.3 is 19.9 Å². The molecule has 0 aromatic heterocycles. The van der Waals surface area contributed by atoms with Crippen molar-refractivity contribution in [1.82, 2.24) is 10.2 Å². The summed E-state index contributed by atoms with van der Waals surface area (Å²) in [7, 11) is 1.71. The zero-order valence-corrected chi connectivity index (χ0v) is 16.2. The lowest BCUT2D eigenvalue weighted by molar-refractivity contribution is -0.929. The van der Waals surface area contributed by atoms with Gasteiger partial charge in [-0.1, -0.05) is 60.7 Å². The predicted octanol–water partition coefficient (Wildman–Crippen LogP) is 1.50. The number of ether oxygens (including phenoxy) is 1. The molecule has 4 nitrogen and oxygen atoms in total. The van der Waals surface area contributed by atoms with E-state index in [4.69, 9.17) is 17.0 Å². The number of benzene rings is 2. The summed E-state index contributed by atoms with van der Waals surface area (Å²) in [6.07, 6.45) is 0. The van der Waals surface area contributed by atoms with Gasteiger partial charge in [-0.2, -0.15) is 0 Å². The molecule has 0 spiro atoms. The second-order valence-electron chi connectivity index (χ2n) is 6.62. The van der Waals surface area contributed by atoms with Crippen LogP contribution in [0.15, 0.2) is 60.7 Å². The Labute approximate surface area is 161 Å². The van der Waals surface area contributed by atoms with Crippen molar-refractivity contribution >= 4 is 17.3 Å². The van der Waals surface area contributed by atoms with Crippen LogP contribution in [0.4, 0.5) is 0 Å². The minimum atomic E-state index is 0.370. The van der Waals surface area contributed by atoms with Crippen LogP contribution in [0.1, 0.15) is 17.2 Å². The van der Waals surface area contributed by atoms with Crippen LogP contribution in [-0.4, -0.2) is 56.5 Å². The fourth-order valence-corrected chi connectivity index (χ4v) is 3.90. The van der Waals surface area contributed by atoms with Crippen LogP contribution in [0.3, 0.4) is 0 Å². The van der Waals surface area contributed by atoms with E-state index < -0.39 is 0 Å². The van der Waals surface area contributed by atoms with E-state index in [1.807, 2.05) is 0 Å². The SMILES string of the molecule is COCCNC(=S)N1CC[NH+](C(c2ccccc2)c2ccccc2)CC1. The highest BCUT2D eigenvalue weighted by Gasteiger charge is 2.30. The quantitative estimate of drug-likeness (QED) is 0.596. The topological polar surface area (TPSA) is 28.9 Å². The van der Waals surface area contributed by atoms with Crippen molar-refractivity contribution in [3.8, 4) is 0 Å². The van der Waals surface area contributed by atoms with E-state index >= 15 is 0 Å². The van der Waals surface area contributed by atoms with Crippen molar-refractivity contribution in [1.29, 1.82) is 0 Å². The number of hydrogen-bond donors (Lipinski definition) is 2. The minimum Gasteiger partial charge on any atom is -0.383 e. The van der Waals surface area contributed by atoms with Gasteiger partial charge in [0.1, 0.15) is 6.04 Å². The van der Waals surface area contributed by atoms with Crippen molar-refractivity contribution < 1.29 is 9.64 Å². The molecule has 0 saturated carbocycles. The van der Waals surface area contributed by atoms with Crippen LogP contribution in [0, 0.1) is 0 Å². The van der Waals surface area contributed by atoms with Crippen LogP contribution in [-0.2, 0) is 4.74 Å². The standard InChI is InChI=1S/C21H27N3OS/c1-25-17-12-22-21(26)24-15-13-23(14-16-24)20(18-8-4-2-5-9-18)19-10-6-3-7-11-19/h2-11,20H,12-17H2,1H3,(H,22,26)/p+1. The molecule has 2 aromatic rings. The Bertz CT molecular complexity index is 633. The van der Waals surface area contributed by atoms with Crippen molar-refractivity contribution in [2.45, 2.75) is 6.04 Å². The van der Waals surface area contributed by atoms with Crippen molar-refractivity contribution in [2.75, 3.05) is 46.4 Å². The van der Waals surface area contributed by atoms with Gasteiger partial charge >= 0.3 is 0 Å². The minimum absolute atomic E-state index is 0.370. The van der Waals surface area contributed by atoms with E-state index in [-0.39, 0.29) is 0 Å². The monoisotopic (exact) mass is 370 g/mol. The molecule has 0 amide bonds. The van der Waals surface area contributed by atoms with Gasteiger partial charge in [0.05, 0.1) is 32.8 Å². The number of thiocarbonyl (C=S) groups is 1. The first-order valence-electron chi connectivity index (χ1n) is 9.26. The maximum absolute atomic E-state index is 5.53. The number of nitrogens with one attached hydrogen (secondary N) is 2. The summed E-state index contributed by atoms with van der Waals surface area (Å²) in [6, 6.07) is 22.1. The second kappa shape index (κ2) is 9.67. The number of quaternary nitrogens is 1. The maximum atomic E-state index is 5.53. The molecule has 5 heteroatoms. The zero-order valence-electron chi connectivity index (χ0n) is 15.4. The van der Waals surface area contributed by atoms with E-state index in [1.54, 1.807) is 12.0 Å². The second-order valence-corrected chi connectivity index (χ2v) is 7.01. The molecule has 0 radical (unpaired) electrons. The Morgan fingerprint density at radius 3 is 2.08 bits per heavy atom. The number of hydrogen-bond acceptors (Lipinski definition) is 2. The first-order chi connectivity index (χ1) is 12.8. The van der Waals surface area contributed by atoms with E-state index in [9.17, 15) is 0 Å². The third kappa shape index (κ3) is 4.81. The van der Waals surface area contributed by atoms with Crippen LogP contribution < -0.4 is 10.2 Å². The van der Waals surface area contributed by atoms with Gasteiger partial charge in [-0.15, -0.1) is 0 Å². The third-order valence-electron chi connectivity index (χ3n) is 4.95. The largest absolute Gasteiger partial charge is 0.383 e. The molecule has 1 heterocycles. The molecule has 1 saturated heterocycles. The third-order valence-corrected chi connectivity index (χ3v) is 5.35. The summed E-state index contributed by atoms with van der Waals surface area (Å²) < 4.78 is 5.08. The van der Waals surface area contributed by atoms with E-state index in [1.165, 1.54) is 11.1 Å². The van der Waals surface area contributed by atoms with E-state index in [0.29, 0.717) is 12.6 Å². The van der Waals surface area contributed by atoms with Crippen LogP contribution >= 0.6 is 12.2 Å². The normalized spacial score (nSPS) is 15.2. The van der Waals surface area contributed by atoms with Gasteiger partial charge in [0, 0.05) is 24.8 Å². The summed E-state index contributed by atoms with van der Waals surface area (Å²) in [4.78, 5) is 3.87. The Balaban J connectivity index is 1.67. The molecule has 1 aliphatic heterocycles. The Morgan fingerprint density at radius 1 is 1.04 bits per heavy atom. The molecule has 1 fully saturated rings. The average molecular weight is 371 g/mol. The molecule has 0 unspecified atom stereocenters. The highest BCUT2D eigenvalue weighted by atomic mass is 32.1. The molecule has 3 rings (SSSR count). The molecular weight excluding hydrogens is 342 g/mol. The fraction of sp³-hybridized carbons (Fsp3) is 0.381. The Kier molecular flexibility index (Phi) is 7.00. The first kappa shape index (κ1) is 18.8. The molecule has 2 N–H and O–H groups in total. The van der Waals surface area contributed by atoms with Crippen molar-refractivity contribution in [3.05, 3.63) is 71.8 Å². The number of rotatable bonds is 6. The summed E-state index contributed by atoms with van der Waals surface area (Å²) in [6.45, 7) is 5.53. The molecule has 26 heavy (non-hydrogen) atoms. The van der Waals surface area contributed by atoms with Gasteiger partial charge in [0.25, 0.3) is 0 Å². The molecule has 138 valence electrons. The van der Waals surface area contributed by atoms with Gasteiger partial charge in [0.2, 0.25) is 0 Å². The highest BCUT2D eigenvalue weighted by Crippen LogP contribution is 2.19. The number of piperazine rings is 1. The number of nitrogens with zero attached hydrogens (tertiary/aromatic N) is 1. The summed E-state index contributed by atoms with van der Waals surface area (Å²) in [5, 5.41) is 4.13. The van der Waals surface area contributed by atoms with Crippen LogP contribution in [0.2, 0.25) is 0 Å². The maximum Gasteiger partial charge on any atom is 0.169 e. The molecule has 0 aliphatic carbocycles. The molecule has 2 aromatic carbocycles. The van der Waals surface area contributed by atoms with Crippen molar-refractivity contribution in [3.63, 3.8) is 0 Å². The van der Waals surface area contributed by atoms with E-state index in [2.05, 4.69) is 70.9 Å². The van der Waals surface area contributed by atoms with Crippen LogP contribution in [0.25, 0.3) is 0 Å². The van der Waals surface area contributed by atoms with Gasteiger partial charge in [0.15, 0.2) is 5.11 Å². The average Bonchev–Trinajstić information content (AvgIpc) is 2.70. The van der Waals surface area contributed by atoms with Crippen LogP contribution in [0.5, 0.6) is 0 Å². The lowest BCUT2D eigenvalue weighted by Crippen LogP contribution is -3.15. The van der Waals surface area contributed by atoms with Gasteiger partial charge in [-0.05, 0) is 12.2 Å². The molecule has 1 aliphatic rings. The Hall–Kier alpha value is -1.95. The van der Waals surface area contributed by atoms with Gasteiger partial charge in [-0.25, -0.2) is 0 Å². The summed E-state index contributed by atoms with van der Waals surface area (Å²) in [5.74, 6) is 0. The predicted molar refractivity (Wildman–Crippen MR) is 109 cm³/mol. The van der Waals surface area contributed by atoms with E-state index in [0.717, 1.165) is 37.8 Å². The molecular formula is C21H28N3OS+. The molecule has 0 bridgehead atoms. The summed E-state index contributed by atoms with van der Waals surface area (Å²) >= 11 is 5.53. The smallest absolute Gasteiger partial charge is 0.169 e. The lowest BCUT2D eigenvalue weighted by Gasteiger charge is -2.38. The highest BCUT2D eigenvalue weighted by molar-refractivity contribution is 7.80. The van der Waals surface area contributed by atoms with Gasteiger partial charge in [-0.3, -0.25) is 0 Å². The number of methoxy groups -OCH3 is 1. The Morgan fingerprint density at radius 2 is 1.58 bits per heavy atom. The summed E-state index contributed by atoms with van der Waals surface area (Å²) in [5.41, 5.74) is 2.76. The molecule has 0 atom stereocenters. The zero-order chi connectivity index (χ0) is 18.2.